The summed E-state index contributed by atoms with van der Waals surface area (Å²) in [5.41, 5.74) is 6.20. The molecule has 16 heavy (non-hydrogen) atoms. The molecule has 0 atom stereocenters. The van der Waals surface area contributed by atoms with E-state index in [0.29, 0.717) is 11.6 Å². The molecule has 0 aromatic carbocycles. The van der Waals surface area contributed by atoms with E-state index in [1.165, 1.54) is 0 Å². The van der Waals surface area contributed by atoms with Crippen LogP contribution in [0.5, 0.6) is 5.88 Å². The highest BCUT2D eigenvalue weighted by atomic mass is 16.5. The van der Waals surface area contributed by atoms with Gasteiger partial charge in [0.2, 0.25) is 5.88 Å². The number of aromatic nitrogens is 1. The molecule has 0 saturated heterocycles. The van der Waals surface area contributed by atoms with Crippen molar-refractivity contribution < 1.29 is 9.47 Å². The predicted octanol–water partition coefficient (Wildman–Crippen LogP) is 1.51. The lowest BCUT2D eigenvalue weighted by Gasteiger charge is -2.08. The highest BCUT2D eigenvalue weighted by molar-refractivity contribution is 5.53. The second-order valence-corrected chi connectivity index (χ2v) is 3.27. The van der Waals surface area contributed by atoms with Crippen molar-refractivity contribution in [2.75, 3.05) is 37.9 Å². The number of nitrogens with two attached hydrogens (primary N) is 1. The molecule has 0 spiro atoms. The Labute approximate surface area is 96.0 Å². The number of pyridine rings is 1. The number of hydrogen-bond acceptors (Lipinski definition) is 5. The van der Waals surface area contributed by atoms with Crippen molar-refractivity contribution in [1.29, 1.82) is 0 Å². The molecule has 0 unspecified atom stereocenters. The van der Waals surface area contributed by atoms with Crippen LogP contribution in [0.1, 0.15) is 13.3 Å². The number of hydrogen-bond donors (Lipinski definition) is 2. The minimum Gasteiger partial charge on any atom is -0.479 e. The Morgan fingerprint density at radius 3 is 2.94 bits per heavy atom. The predicted molar refractivity (Wildman–Crippen MR) is 64.8 cm³/mol. The quantitative estimate of drug-likeness (QED) is 0.688. The normalized spacial score (nSPS) is 10.1. The Morgan fingerprint density at radius 2 is 2.25 bits per heavy atom. The average Bonchev–Trinajstić information content (AvgIpc) is 2.31. The number of nitrogens with zero attached hydrogens (tertiary/aromatic N) is 1. The van der Waals surface area contributed by atoms with Gasteiger partial charge in [-0.05, 0) is 25.5 Å². The number of anilines is 2. The summed E-state index contributed by atoms with van der Waals surface area (Å²) < 4.78 is 10.3. The molecule has 0 bridgehead atoms. The maximum absolute atomic E-state index is 5.66. The molecular formula is C11H19N3O2. The molecule has 0 aliphatic carbocycles. The number of rotatable bonds is 7. The first-order chi connectivity index (χ1) is 7.77. The Balaban J connectivity index is 2.36. The molecule has 0 amide bonds. The fourth-order valence-electron chi connectivity index (χ4n) is 1.25. The summed E-state index contributed by atoms with van der Waals surface area (Å²) in [5.74, 6) is 1.22. The summed E-state index contributed by atoms with van der Waals surface area (Å²) in [4.78, 5) is 4.21. The highest BCUT2D eigenvalue weighted by Gasteiger charge is 2.01. The molecule has 1 heterocycles. The van der Waals surface area contributed by atoms with E-state index in [1.807, 2.05) is 13.0 Å². The van der Waals surface area contributed by atoms with Crippen molar-refractivity contribution in [3.05, 3.63) is 12.1 Å². The molecule has 1 aromatic rings. The first-order valence-electron chi connectivity index (χ1n) is 5.40. The Bertz CT molecular complexity index is 318. The van der Waals surface area contributed by atoms with E-state index in [-0.39, 0.29) is 0 Å². The number of nitrogen functional groups attached to an aromatic ring is 1. The van der Waals surface area contributed by atoms with Crippen molar-refractivity contribution in [3.63, 3.8) is 0 Å². The monoisotopic (exact) mass is 225 g/mol. The van der Waals surface area contributed by atoms with Gasteiger partial charge in [0.1, 0.15) is 5.82 Å². The third-order valence-corrected chi connectivity index (χ3v) is 2.06. The topological polar surface area (TPSA) is 69.4 Å². The van der Waals surface area contributed by atoms with Crippen LogP contribution in [-0.2, 0) is 4.74 Å². The molecule has 5 nitrogen and oxygen atoms in total. The van der Waals surface area contributed by atoms with Gasteiger partial charge in [-0.15, -0.1) is 0 Å². The lowest BCUT2D eigenvalue weighted by atomic mass is 10.4. The lowest BCUT2D eigenvalue weighted by Crippen LogP contribution is -2.07. The maximum Gasteiger partial charge on any atom is 0.238 e. The van der Waals surface area contributed by atoms with Crippen molar-refractivity contribution in [2.45, 2.75) is 13.3 Å². The Morgan fingerprint density at radius 1 is 1.44 bits per heavy atom. The van der Waals surface area contributed by atoms with Crippen LogP contribution in [0, 0.1) is 0 Å². The minimum absolute atomic E-state index is 0.454. The molecule has 0 saturated carbocycles. The van der Waals surface area contributed by atoms with Crippen molar-refractivity contribution in [1.82, 2.24) is 4.98 Å². The summed E-state index contributed by atoms with van der Waals surface area (Å²) in [5, 5.41) is 3.18. The van der Waals surface area contributed by atoms with Gasteiger partial charge in [-0.1, -0.05) is 0 Å². The second kappa shape index (κ2) is 6.90. The van der Waals surface area contributed by atoms with E-state index in [1.54, 1.807) is 13.2 Å². The van der Waals surface area contributed by atoms with Gasteiger partial charge in [0.15, 0.2) is 0 Å². The van der Waals surface area contributed by atoms with Gasteiger partial charge in [-0.2, -0.15) is 4.98 Å². The van der Waals surface area contributed by atoms with Crippen LogP contribution in [0.2, 0.25) is 0 Å². The molecule has 0 fully saturated rings. The first-order valence-corrected chi connectivity index (χ1v) is 5.40. The van der Waals surface area contributed by atoms with Crippen LogP contribution in [-0.4, -0.2) is 31.9 Å². The van der Waals surface area contributed by atoms with E-state index in [4.69, 9.17) is 15.2 Å². The van der Waals surface area contributed by atoms with Crippen LogP contribution in [0.15, 0.2) is 12.1 Å². The number of nitrogens with one attached hydrogen (secondary N) is 1. The Hall–Kier alpha value is -1.49. The van der Waals surface area contributed by atoms with Crippen molar-refractivity contribution in [2.24, 2.45) is 0 Å². The van der Waals surface area contributed by atoms with Gasteiger partial charge in [0.25, 0.3) is 0 Å². The summed E-state index contributed by atoms with van der Waals surface area (Å²) in [6, 6.07) is 3.61. The Kier molecular flexibility index (Phi) is 5.42. The summed E-state index contributed by atoms with van der Waals surface area (Å²) in [6.45, 7) is 4.32. The molecule has 3 N–H and O–H groups in total. The van der Waals surface area contributed by atoms with Crippen LogP contribution in [0.4, 0.5) is 11.5 Å². The third kappa shape index (κ3) is 3.94. The summed E-state index contributed by atoms with van der Waals surface area (Å²) >= 11 is 0. The molecule has 1 rings (SSSR count). The smallest absolute Gasteiger partial charge is 0.238 e. The van der Waals surface area contributed by atoms with Crippen LogP contribution < -0.4 is 15.8 Å². The standard InChI is InChI=1S/C11H19N3O2/c1-3-16-8-4-7-13-10-6-5-9(12)11(14-10)15-2/h5-6H,3-4,7-8,12H2,1-2H3,(H,13,14). The fraction of sp³-hybridized carbons (Fsp3) is 0.545. The maximum atomic E-state index is 5.66. The fourth-order valence-corrected chi connectivity index (χ4v) is 1.25. The van der Waals surface area contributed by atoms with E-state index in [9.17, 15) is 0 Å². The second-order valence-electron chi connectivity index (χ2n) is 3.27. The molecule has 1 aromatic heterocycles. The van der Waals surface area contributed by atoms with Gasteiger partial charge in [0, 0.05) is 19.8 Å². The molecule has 0 aliphatic heterocycles. The van der Waals surface area contributed by atoms with Crippen LogP contribution >= 0.6 is 0 Å². The van der Waals surface area contributed by atoms with E-state index < -0.39 is 0 Å². The first kappa shape index (κ1) is 12.6. The molecule has 0 radical (unpaired) electrons. The summed E-state index contributed by atoms with van der Waals surface area (Å²) in [6.07, 6.45) is 0.947. The zero-order chi connectivity index (χ0) is 11.8. The lowest BCUT2D eigenvalue weighted by molar-refractivity contribution is 0.147. The molecular weight excluding hydrogens is 206 g/mol. The summed E-state index contributed by atoms with van der Waals surface area (Å²) in [7, 11) is 1.55. The van der Waals surface area contributed by atoms with Gasteiger partial charge in [-0.25, -0.2) is 0 Å². The van der Waals surface area contributed by atoms with Gasteiger partial charge < -0.3 is 20.5 Å². The zero-order valence-corrected chi connectivity index (χ0v) is 9.82. The minimum atomic E-state index is 0.454. The highest BCUT2D eigenvalue weighted by Crippen LogP contribution is 2.19. The van der Waals surface area contributed by atoms with Crippen molar-refractivity contribution in [3.8, 4) is 5.88 Å². The molecule has 5 heteroatoms. The van der Waals surface area contributed by atoms with Crippen molar-refractivity contribution >= 4 is 11.5 Å². The van der Waals surface area contributed by atoms with Gasteiger partial charge >= 0.3 is 0 Å². The SMILES string of the molecule is CCOCCCNc1ccc(N)c(OC)n1. The van der Waals surface area contributed by atoms with E-state index >= 15 is 0 Å². The third-order valence-electron chi connectivity index (χ3n) is 2.06. The zero-order valence-electron chi connectivity index (χ0n) is 9.82. The van der Waals surface area contributed by atoms with Crippen LogP contribution in [0.25, 0.3) is 0 Å². The molecule has 90 valence electrons. The van der Waals surface area contributed by atoms with E-state index in [0.717, 1.165) is 32.0 Å². The van der Waals surface area contributed by atoms with E-state index in [2.05, 4.69) is 10.3 Å². The largest absolute Gasteiger partial charge is 0.479 e. The number of ether oxygens (including phenoxy) is 2. The molecule has 0 aliphatic rings. The van der Waals surface area contributed by atoms with Crippen LogP contribution in [0.3, 0.4) is 0 Å². The number of methoxy groups -OCH3 is 1. The van der Waals surface area contributed by atoms with Gasteiger partial charge in [-0.3, -0.25) is 0 Å². The van der Waals surface area contributed by atoms with Gasteiger partial charge in [0.05, 0.1) is 12.8 Å². The average molecular weight is 225 g/mol.